The molecule has 1 aromatic heterocycles. The second-order valence-corrected chi connectivity index (χ2v) is 8.70. The van der Waals surface area contributed by atoms with Gasteiger partial charge in [-0.2, -0.15) is 0 Å². The summed E-state index contributed by atoms with van der Waals surface area (Å²) in [6.45, 7) is 2.36. The van der Waals surface area contributed by atoms with Crippen molar-refractivity contribution in [3.63, 3.8) is 0 Å². The first kappa shape index (κ1) is 22.7. The number of aliphatic imine (C=N–C) groups is 1. The molecule has 2 aromatic carbocycles. The largest absolute Gasteiger partial charge is 0.326 e. The van der Waals surface area contributed by atoms with Crippen LogP contribution in [0.2, 0.25) is 0 Å². The molecule has 1 fully saturated rings. The van der Waals surface area contributed by atoms with Crippen molar-refractivity contribution >= 4 is 40.1 Å². The summed E-state index contributed by atoms with van der Waals surface area (Å²) in [6.07, 6.45) is 2.59. The molecule has 33 heavy (non-hydrogen) atoms. The van der Waals surface area contributed by atoms with E-state index in [0.717, 1.165) is 17.8 Å². The summed E-state index contributed by atoms with van der Waals surface area (Å²) < 4.78 is 13.1. The van der Waals surface area contributed by atoms with E-state index in [1.807, 2.05) is 42.5 Å². The van der Waals surface area contributed by atoms with Gasteiger partial charge in [-0.25, -0.2) is 9.38 Å². The average Bonchev–Trinajstić information content (AvgIpc) is 3.10. The Bertz CT molecular complexity index is 1150. The van der Waals surface area contributed by atoms with Crippen molar-refractivity contribution in [1.82, 2.24) is 9.88 Å². The van der Waals surface area contributed by atoms with Gasteiger partial charge in [-0.3, -0.25) is 19.5 Å². The molecule has 1 N–H and O–H groups in total. The number of hydrogen-bond acceptors (Lipinski definition) is 5. The van der Waals surface area contributed by atoms with Crippen LogP contribution in [0.3, 0.4) is 0 Å². The molecule has 0 saturated carbocycles. The van der Waals surface area contributed by atoms with Gasteiger partial charge in [0.15, 0.2) is 5.17 Å². The second kappa shape index (κ2) is 10.4. The molecule has 8 heteroatoms. The molecule has 4 rings (SSSR count). The number of thioether (sulfide) groups is 1. The van der Waals surface area contributed by atoms with E-state index in [4.69, 9.17) is 4.99 Å². The molecule has 0 radical (unpaired) electrons. The molecule has 6 nitrogen and oxygen atoms in total. The molecule has 2 amide bonds. The highest BCUT2D eigenvalue weighted by Gasteiger charge is 2.39. The first-order valence-corrected chi connectivity index (χ1v) is 11.5. The topological polar surface area (TPSA) is 74.7 Å². The van der Waals surface area contributed by atoms with Crippen LogP contribution >= 0.6 is 11.8 Å². The second-order valence-electron chi connectivity index (χ2n) is 7.53. The molecule has 1 unspecified atom stereocenters. The number of hydrogen-bond donors (Lipinski definition) is 1. The van der Waals surface area contributed by atoms with Crippen LogP contribution in [-0.2, 0) is 22.6 Å². The zero-order valence-corrected chi connectivity index (χ0v) is 18.9. The van der Waals surface area contributed by atoms with Gasteiger partial charge in [0.25, 0.3) is 0 Å². The van der Waals surface area contributed by atoms with E-state index in [-0.39, 0.29) is 30.6 Å². The van der Waals surface area contributed by atoms with Gasteiger partial charge in [0.05, 0.1) is 17.9 Å². The first-order valence-electron chi connectivity index (χ1n) is 10.6. The lowest BCUT2D eigenvalue weighted by atomic mass is 10.2. The van der Waals surface area contributed by atoms with Crippen molar-refractivity contribution in [1.29, 1.82) is 0 Å². The van der Waals surface area contributed by atoms with E-state index in [2.05, 4.69) is 17.2 Å². The Morgan fingerprint density at radius 1 is 1.12 bits per heavy atom. The van der Waals surface area contributed by atoms with E-state index < -0.39 is 5.25 Å². The van der Waals surface area contributed by atoms with Crippen molar-refractivity contribution < 1.29 is 14.0 Å². The van der Waals surface area contributed by atoms with Gasteiger partial charge in [-0.1, -0.05) is 36.9 Å². The number of aryl methyl sites for hydroxylation is 1. The quantitative estimate of drug-likeness (QED) is 0.540. The van der Waals surface area contributed by atoms with Gasteiger partial charge in [0.1, 0.15) is 11.1 Å². The Morgan fingerprint density at radius 2 is 1.88 bits per heavy atom. The Kier molecular flexibility index (Phi) is 7.14. The lowest BCUT2D eigenvalue weighted by Gasteiger charge is -2.16. The smallest absolute Gasteiger partial charge is 0.243 e. The van der Waals surface area contributed by atoms with Crippen LogP contribution in [-0.4, -0.2) is 32.1 Å². The fourth-order valence-corrected chi connectivity index (χ4v) is 4.51. The molecular weight excluding hydrogens is 439 g/mol. The van der Waals surface area contributed by atoms with Gasteiger partial charge in [-0.05, 0) is 60.5 Å². The number of nitrogens with one attached hydrogen (secondary N) is 1. The van der Waals surface area contributed by atoms with Gasteiger partial charge in [-0.15, -0.1) is 0 Å². The molecular formula is C25H23FN4O2S. The summed E-state index contributed by atoms with van der Waals surface area (Å²) in [4.78, 5) is 36.4. The first-order chi connectivity index (χ1) is 16.0. The predicted octanol–water partition coefficient (Wildman–Crippen LogP) is 4.94. The zero-order chi connectivity index (χ0) is 23.2. The predicted molar refractivity (Wildman–Crippen MR) is 129 cm³/mol. The van der Waals surface area contributed by atoms with Crippen LogP contribution in [0.1, 0.15) is 24.6 Å². The lowest BCUT2D eigenvalue weighted by molar-refractivity contribution is -0.128. The van der Waals surface area contributed by atoms with Crippen molar-refractivity contribution in [2.75, 3.05) is 5.32 Å². The normalized spacial score (nSPS) is 16.9. The van der Waals surface area contributed by atoms with Gasteiger partial charge < -0.3 is 5.32 Å². The Hall–Kier alpha value is -3.52. The molecule has 1 saturated heterocycles. The van der Waals surface area contributed by atoms with Gasteiger partial charge in [0, 0.05) is 18.3 Å². The Balaban J connectivity index is 1.53. The highest BCUT2D eigenvalue weighted by atomic mass is 32.2. The number of carbonyl (C=O) groups is 2. The van der Waals surface area contributed by atoms with Crippen LogP contribution < -0.4 is 5.32 Å². The summed E-state index contributed by atoms with van der Waals surface area (Å²) >= 11 is 1.27. The van der Waals surface area contributed by atoms with Crippen molar-refractivity contribution in [2.24, 2.45) is 4.99 Å². The number of halogens is 1. The van der Waals surface area contributed by atoms with Crippen molar-refractivity contribution in [2.45, 2.75) is 31.6 Å². The Morgan fingerprint density at radius 3 is 2.55 bits per heavy atom. The van der Waals surface area contributed by atoms with Crippen LogP contribution in [0.4, 0.5) is 15.8 Å². The summed E-state index contributed by atoms with van der Waals surface area (Å²) in [7, 11) is 0. The Labute approximate surface area is 195 Å². The molecule has 2 heterocycles. The number of benzene rings is 2. The third-order valence-corrected chi connectivity index (χ3v) is 6.31. The summed E-state index contributed by atoms with van der Waals surface area (Å²) in [5.74, 6) is -0.893. The molecule has 0 bridgehead atoms. The number of carbonyl (C=O) groups excluding carboxylic acids is 2. The maximum Gasteiger partial charge on any atom is 0.243 e. The minimum atomic E-state index is -0.608. The highest BCUT2D eigenvalue weighted by Crippen LogP contribution is 2.33. The van der Waals surface area contributed by atoms with E-state index >= 15 is 0 Å². The maximum absolute atomic E-state index is 13.2. The minimum absolute atomic E-state index is 0.0204. The van der Waals surface area contributed by atoms with E-state index in [9.17, 15) is 14.0 Å². The standard InChI is InChI=1S/C25H23FN4O2S/c1-2-17-6-10-20(11-7-17)29-25-30(16-21-5-3-4-14-27-21)24(32)22(33-25)15-23(31)28-19-12-8-18(26)9-13-19/h3-14,22H,2,15-16H2,1H3,(H,28,31). The number of nitrogens with zero attached hydrogens (tertiary/aromatic N) is 3. The molecule has 168 valence electrons. The number of amidine groups is 1. The van der Waals surface area contributed by atoms with E-state index in [1.165, 1.54) is 41.6 Å². The zero-order valence-electron chi connectivity index (χ0n) is 18.1. The third kappa shape index (κ3) is 5.84. The summed E-state index contributed by atoms with van der Waals surface area (Å²) in [6, 6.07) is 18.9. The minimum Gasteiger partial charge on any atom is -0.326 e. The van der Waals surface area contributed by atoms with Crippen molar-refractivity contribution in [3.8, 4) is 0 Å². The van der Waals surface area contributed by atoms with Gasteiger partial charge >= 0.3 is 0 Å². The maximum atomic E-state index is 13.2. The van der Waals surface area contributed by atoms with Crippen molar-refractivity contribution in [3.05, 3.63) is 90.0 Å². The van der Waals surface area contributed by atoms with Crippen LogP contribution in [0.5, 0.6) is 0 Å². The fourth-order valence-electron chi connectivity index (χ4n) is 3.35. The number of anilines is 1. The number of pyridine rings is 1. The number of rotatable bonds is 7. The van der Waals surface area contributed by atoms with Crippen LogP contribution in [0.15, 0.2) is 77.9 Å². The van der Waals surface area contributed by atoms with E-state index in [1.54, 1.807) is 11.1 Å². The third-order valence-electron chi connectivity index (χ3n) is 5.13. The molecule has 1 aliphatic heterocycles. The molecule has 1 atom stereocenters. The number of aromatic nitrogens is 1. The average molecular weight is 463 g/mol. The van der Waals surface area contributed by atoms with Gasteiger partial charge in [0.2, 0.25) is 11.8 Å². The lowest BCUT2D eigenvalue weighted by Crippen LogP contribution is -2.33. The summed E-state index contributed by atoms with van der Waals surface area (Å²) in [5, 5.41) is 2.64. The molecule has 1 aliphatic rings. The summed E-state index contributed by atoms with van der Waals surface area (Å²) in [5.41, 5.74) is 3.16. The number of amides is 2. The van der Waals surface area contributed by atoms with Crippen LogP contribution in [0, 0.1) is 5.82 Å². The molecule has 3 aromatic rings. The van der Waals surface area contributed by atoms with Crippen LogP contribution in [0.25, 0.3) is 0 Å². The molecule has 0 aliphatic carbocycles. The monoisotopic (exact) mass is 462 g/mol. The highest BCUT2D eigenvalue weighted by molar-refractivity contribution is 8.15. The fraction of sp³-hybridized carbons (Fsp3) is 0.200. The SMILES string of the molecule is CCc1ccc(N=C2SC(CC(=O)Nc3ccc(F)cc3)C(=O)N2Cc2ccccn2)cc1. The molecule has 0 spiro atoms. The van der Waals surface area contributed by atoms with E-state index in [0.29, 0.717) is 10.9 Å².